The number of aliphatic hydroxyl groups is 1. The molecule has 2 rings (SSSR count). The Kier molecular flexibility index (Phi) is 5.83. The molecule has 1 aliphatic heterocycles. The fourth-order valence-corrected chi connectivity index (χ4v) is 2.80. The maximum atomic E-state index is 8.93. The third-order valence-electron chi connectivity index (χ3n) is 4.12. The van der Waals surface area contributed by atoms with Gasteiger partial charge in [0.15, 0.2) is 0 Å². The summed E-state index contributed by atoms with van der Waals surface area (Å²) >= 11 is 0. The van der Waals surface area contributed by atoms with E-state index in [9.17, 15) is 0 Å². The van der Waals surface area contributed by atoms with Crippen LogP contribution in [0.4, 0.5) is 0 Å². The summed E-state index contributed by atoms with van der Waals surface area (Å²) in [5, 5.41) is 8.93. The van der Waals surface area contributed by atoms with Crippen molar-refractivity contribution >= 4 is 0 Å². The average molecular weight is 262 g/mol. The number of likely N-dealkylation sites (tertiary alicyclic amines) is 1. The SMILES string of the molecule is NC(CO)CCN1CCC(Cc2ccccc2)CC1. The molecule has 3 nitrogen and oxygen atoms in total. The second-order valence-corrected chi connectivity index (χ2v) is 5.71. The lowest BCUT2D eigenvalue weighted by atomic mass is 9.90. The Morgan fingerprint density at radius 1 is 1.21 bits per heavy atom. The normalized spacial score (nSPS) is 19.5. The van der Waals surface area contributed by atoms with Crippen molar-refractivity contribution in [3.63, 3.8) is 0 Å². The summed E-state index contributed by atoms with van der Waals surface area (Å²) < 4.78 is 0. The van der Waals surface area contributed by atoms with Gasteiger partial charge in [0.05, 0.1) is 6.61 Å². The number of hydrogen-bond acceptors (Lipinski definition) is 3. The van der Waals surface area contributed by atoms with Crippen LogP contribution in [-0.4, -0.2) is 42.3 Å². The summed E-state index contributed by atoms with van der Waals surface area (Å²) in [7, 11) is 0. The van der Waals surface area contributed by atoms with E-state index in [-0.39, 0.29) is 12.6 Å². The van der Waals surface area contributed by atoms with Crippen molar-refractivity contribution in [3.8, 4) is 0 Å². The van der Waals surface area contributed by atoms with Crippen LogP contribution >= 0.6 is 0 Å². The number of hydrogen-bond donors (Lipinski definition) is 2. The number of nitrogens with two attached hydrogens (primary N) is 1. The zero-order valence-corrected chi connectivity index (χ0v) is 11.7. The number of rotatable bonds is 6. The minimum atomic E-state index is -0.0537. The summed E-state index contributed by atoms with van der Waals surface area (Å²) in [6.45, 7) is 3.48. The van der Waals surface area contributed by atoms with E-state index >= 15 is 0 Å². The lowest BCUT2D eigenvalue weighted by molar-refractivity contribution is 0.170. The molecule has 1 aromatic carbocycles. The minimum Gasteiger partial charge on any atom is -0.395 e. The molecule has 0 spiro atoms. The van der Waals surface area contributed by atoms with Crippen LogP contribution in [0.2, 0.25) is 0 Å². The molecular formula is C16H26N2O. The zero-order chi connectivity index (χ0) is 13.5. The average Bonchev–Trinajstić information content (AvgIpc) is 2.47. The van der Waals surface area contributed by atoms with Gasteiger partial charge in [-0.15, -0.1) is 0 Å². The Morgan fingerprint density at radius 2 is 1.89 bits per heavy atom. The molecule has 0 saturated carbocycles. The number of benzene rings is 1. The molecule has 1 saturated heterocycles. The highest BCUT2D eigenvalue weighted by Gasteiger charge is 2.19. The molecule has 19 heavy (non-hydrogen) atoms. The highest BCUT2D eigenvalue weighted by Crippen LogP contribution is 2.21. The molecule has 0 bridgehead atoms. The molecular weight excluding hydrogens is 236 g/mol. The van der Waals surface area contributed by atoms with Crippen LogP contribution in [0.25, 0.3) is 0 Å². The van der Waals surface area contributed by atoms with Crippen molar-refractivity contribution in [2.45, 2.75) is 31.7 Å². The van der Waals surface area contributed by atoms with Crippen LogP contribution in [0.3, 0.4) is 0 Å². The van der Waals surface area contributed by atoms with Gasteiger partial charge in [0.25, 0.3) is 0 Å². The van der Waals surface area contributed by atoms with E-state index in [1.807, 2.05) is 0 Å². The summed E-state index contributed by atoms with van der Waals surface area (Å²) in [5.41, 5.74) is 7.20. The minimum absolute atomic E-state index is 0.0537. The lowest BCUT2D eigenvalue weighted by Gasteiger charge is -2.32. The molecule has 1 aliphatic rings. The molecule has 0 amide bonds. The van der Waals surface area contributed by atoms with Gasteiger partial charge in [0, 0.05) is 6.04 Å². The van der Waals surface area contributed by atoms with Crippen molar-refractivity contribution in [1.82, 2.24) is 4.90 Å². The van der Waals surface area contributed by atoms with Crippen molar-refractivity contribution < 1.29 is 5.11 Å². The quantitative estimate of drug-likeness (QED) is 0.819. The Morgan fingerprint density at radius 3 is 2.53 bits per heavy atom. The molecule has 3 N–H and O–H groups in total. The van der Waals surface area contributed by atoms with Crippen LogP contribution < -0.4 is 5.73 Å². The molecule has 1 atom stereocenters. The third-order valence-corrected chi connectivity index (χ3v) is 4.12. The maximum absolute atomic E-state index is 8.93. The molecule has 0 aliphatic carbocycles. The van der Waals surface area contributed by atoms with E-state index in [1.165, 1.54) is 37.9 Å². The molecule has 1 unspecified atom stereocenters. The molecule has 106 valence electrons. The molecule has 1 heterocycles. The van der Waals surface area contributed by atoms with Gasteiger partial charge >= 0.3 is 0 Å². The van der Waals surface area contributed by atoms with Gasteiger partial charge < -0.3 is 15.7 Å². The second-order valence-electron chi connectivity index (χ2n) is 5.71. The van der Waals surface area contributed by atoms with Gasteiger partial charge in [0.2, 0.25) is 0 Å². The first-order chi connectivity index (χ1) is 9.28. The fraction of sp³-hybridized carbons (Fsp3) is 0.625. The van der Waals surface area contributed by atoms with Gasteiger partial charge in [-0.3, -0.25) is 0 Å². The third kappa shape index (κ3) is 4.94. The first kappa shape index (κ1) is 14.5. The van der Waals surface area contributed by atoms with Crippen LogP contribution in [0, 0.1) is 5.92 Å². The zero-order valence-electron chi connectivity index (χ0n) is 11.7. The molecule has 3 heteroatoms. The van der Waals surface area contributed by atoms with Crippen molar-refractivity contribution in [2.24, 2.45) is 11.7 Å². The molecule has 0 aromatic heterocycles. The molecule has 0 radical (unpaired) electrons. The van der Waals surface area contributed by atoms with E-state index in [1.54, 1.807) is 0 Å². The van der Waals surface area contributed by atoms with Crippen LogP contribution in [0.1, 0.15) is 24.8 Å². The van der Waals surface area contributed by atoms with Gasteiger partial charge in [-0.2, -0.15) is 0 Å². The topological polar surface area (TPSA) is 49.5 Å². The number of nitrogens with zero attached hydrogens (tertiary/aromatic N) is 1. The number of aliphatic hydroxyl groups excluding tert-OH is 1. The fourth-order valence-electron chi connectivity index (χ4n) is 2.80. The Labute approximate surface area is 116 Å². The summed E-state index contributed by atoms with van der Waals surface area (Å²) in [4.78, 5) is 2.48. The Balaban J connectivity index is 1.68. The summed E-state index contributed by atoms with van der Waals surface area (Å²) in [6, 6.07) is 10.7. The van der Waals surface area contributed by atoms with Crippen molar-refractivity contribution in [2.75, 3.05) is 26.2 Å². The highest BCUT2D eigenvalue weighted by atomic mass is 16.3. The van der Waals surface area contributed by atoms with Crippen molar-refractivity contribution in [3.05, 3.63) is 35.9 Å². The van der Waals surface area contributed by atoms with E-state index in [0.717, 1.165) is 18.9 Å². The largest absolute Gasteiger partial charge is 0.395 e. The predicted molar refractivity (Wildman–Crippen MR) is 79.0 cm³/mol. The number of piperidine rings is 1. The van der Waals surface area contributed by atoms with Gasteiger partial charge in [-0.05, 0) is 56.8 Å². The van der Waals surface area contributed by atoms with Crippen LogP contribution in [0.5, 0.6) is 0 Å². The summed E-state index contributed by atoms with van der Waals surface area (Å²) in [6.07, 6.45) is 4.68. The monoisotopic (exact) mass is 262 g/mol. The predicted octanol–water partition coefficient (Wildman–Crippen LogP) is 1.65. The highest BCUT2D eigenvalue weighted by molar-refractivity contribution is 5.15. The van der Waals surface area contributed by atoms with Gasteiger partial charge in [-0.1, -0.05) is 30.3 Å². The van der Waals surface area contributed by atoms with Gasteiger partial charge in [-0.25, -0.2) is 0 Å². The first-order valence-electron chi connectivity index (χ1n) is 7.40. The lowest BCUT2D eigenvalue weighted by Crippen LogP contribution is -2.38. The standard InChI is InChI=1S/C16H26N2O/c17-16(13-19)8-11-18-9-6-15(7-10-18)12-14-4-2-1-3-5-14/h1-5,15-16,19H,6-13,17H2. The maximum Gasteiger partial charge on any atom is 0.0583 e. The first-order valence-corrected chi connectivity index (χ1v) is 7.40. The van der Waals surface area contributed by atoms with E-state index in [4.69, 9.17) is 10.8 Å². The van der Waals surface area contributed by atoms with Crippen LogP contribution in [-0.2, 0) is 6.42 Å². The van der Waals surface area contributed by atoms with Crippen LogP contribution in [0.15, 0.2) is 30.3 Å². The van der Waals surface area contributed by atoms with Gasteiger partial charge in [0.1, 0.15) is 0 Å². The Hall–Kier alpha value is -0.900. The molecule has 1 fully saturated rings. The van der Waals surface area contributed by atoms with Crippen molar-refractivity contribution in [1.29, 1.82) is 0 Å². The Bertz CT molecular complexity index is 347. The summed E-state index contributed by atoms with van der Waals surface area (Å²) in [5.74, 6) is 0.824. The smallest absolute Gasteiger partial charge is 0.0583 e. The van der Waals surface area contributed by atoms with E-state index in [2.05, 4.69) is 35.2 Å². The van der Waals surface area contributed by atoms with E-state index < -0.39 is 0 Å². The second kappa shape index (κ2) is 7.63. The van der Waals surface area contributed by atoms with E-state index in [0.29, 0.717) is 0 Å². The molecule has 1 aromatic rings.